The lowest BCUT2D eigenvalue weighted by atomic mass is 10.1. The number of aromatic nitrogens is 3. The molecule has 0 bridgehead atoms. The number of benzene rings is 1. The molecule has 3 rings (SSSR count). The Hall–Kier alpha value is -2.33. The summed E-state index contributed by atoms with van der Waals surface area (Å²) in [5, 5.41) is 19.2. The van der Waals surface area contributed by atoms with Gasteiger partial charge in [-0.3, -0.25) is 10.1 Å². The molecule has 0 amide bonds. The number of nitro groups is 1. The van der Waals surface area contributed by atoms with E-state index in [2.05, 4.69) is 10.2 Å². The van der Waals surface area contributed by atoms with Crippen molar-refractivity contribution in [1.29, 1.82) is 0 Å². The maximum absolute atomic E-state index is 13.0. The molecule has 25 heavy (non-hydrogen) atoms. The van der Waals surface area contributed by atoms with Crippen LogP contribution in [-0.4, -0.2) is 39.5 Å². The lowest BCUT2D eigenvalue weighted by molar-refractivity contribution is -0.385. The second-order valence-corrected chi connectivity index (χ2v) is 8.20. The number of nitro benzene ring substituents is 1. The van der Waals surface area contributed by atoms with Gasteiger partial charge in [0.2, 0.25) is 10.0 Å². The molecule has 134 valence electrons. The highest BCUT2D eigenvalue weighted by atomic mass is 32.2. The largest absolute Gasteiger partial charge is 0.314 e. The van der Waals surface area contributed by atoms with Gasteiger partial charge in [0.05, 0.1) is 16.4 Å². The molecule has 0 spiro atoms. The second kappa shape index (κ2) is 6.19. The monoisotopic (exact) mass is 365 g/mol. The number of hydrogen-bond acceptors (Lipinski definition) is 6. The fourth-order valence-electron chi connectivity index (χ4n) is 2.96. The van der Waals surface area contributed by atoms with Gasteiger partial charge in [0, 0.05) is 32.1 Å². The van der Waals surface area contributed by atoms with Crippen LogP contribution in [0.2, 0.25) is 0 Å². The lowest BCUT2D eigenvalue weighted by Crippen LogP contribution is -2.28. The van der Waals surface area contributed by atoms with Crippen LogP contribution in [0, 0.1) is 24.0 Å². The van der Waals surface area contributed by atoms with Crippen molar-refractivity contribution in [2.24, 2.45) is 0 Å². The minimum absolute atomic E-state index is 0.0529. The molecule has 0 atom stereocenters. The quantitative estimate of drug-likeness (QED) is 0.587. The molecule has 0 saturated carbocycles. The predicted molar refractivity (Wildman–Crippen MR) is 89.6 cm³/mol. The average molecular weight is 365 g/mol. The zero-order valence-corrected chi connectivity index (χ0v) is 15.1. The van der Waals surface area contributed by atoms with Gasteiger partial charge in [-0.2, -0.15) is 4.31 Å². The maximum atomic E-state index is 13.0. The standard InChI is InChI=1S/C15H19N5O4S/c1-10-7-12(20(21)22)8-13(11(10)2)25(23,24)18(3)9-15-17-16-14-5-4-6-19(14)15/h7-8H,4-6,9H2,1-3H3. The third kappa shape index (κ3) is 3.02. The van der Waals surface area contributed by atoms with E-state index in [1.54, 1.807) is 13.8 Å². The first-order valence-corrected chi connectivity index (χ1v) is 9.28. The van der Waals surface area contributed by atoms with Crippen molar-refractivity contribution in [3.63, 3.8) is 0 Å². The van der Waals surface area contributed by atoms with Crippen LogP contribution in [0.25, 0.3) is 0 Å². The van der Waals surface area contributed by atoms with Gasteiger partial charge in [0.15, 0.2) is 0 Å². The highest BCUT2D eigenvalue weighted by Crippen LogP contribution is 2.28. The summed E-state index contributed by atoms with van der Waals surface area (Å²) in [6.45, 7) is 4.15. The van der Waals surface area contributed by atoms with E-state index in [0.717, 1.165) is 35.6 Å². The van der Waals surface area contributed by atoms with Crippen LogP contribution >= 0.6 is 0 Å². The Morgan fingerprint density at radius 2 is 2.04 bits per heavy atom. The highest BCUT2D eigenvalue weighted by molar-refractivity contribution is 7.89. The SMILES string of the molecule is Cc1cc([N+](=O)[O-])cc(S(=O)(=O)N(C)Cc2nnc3n2CCC3)c1C. The van der Waals surface area contributed by atoms with Gasteiger partial charge in [-0.05, 0) is 31.4 Å². The molecule has 0 N–H and O–H groups in total. The summed E-state index contributed by atoms with van der Waals surface area (Å²) in [5.74, 6) is 1.45. The number of hydrogen-bond donors (Lipinski definition) is 0. The third-order valence-electron chi connectivity index (χ3n) is 4.55. The summed E-state index contributed by atoms with van der Waals surface area (Å²) in [6, 6.07) is 2.49. The van der Waals surface area contributed by atoms with E-state index < -0.39 is 14.9 Å². The molecule has 2 aromatic rings. The van der Waals surface area contributed by atoms with Gasteiger partial charge in [-0.1, -0.05) is 0 Å². The molecule has 10 heteroatoms. The molecular weight excluding hydrogens is 346 g/mol. The number of aryl methyl sites for hydroxylation is 2. The molecule has 0 saturated heterocycles. The van der Waals surface area contributed by atoms with E-state index in [4.69, 9.17) is 0 Å². The molecule has 0 fully saturated rings. The van der Waals surface area contributed by atoms with Crippen LogP contribution < -0.4 is 0 Å². The number of fused-ring (bicyclic) bond motifs is 1. The van der Waals surface area contributed by atoms with Crippen molar-refractivity contribution in [3.05, 3.63) is 45.0 Å². The Morgan fingerprint density at radius 3 is 2.72 bits per heavy atom. The Bertz CT molecular complexity index is 951. The fraction of sp³-hybridized carbons (Fsp3) is 0.467. The highest BCUT2D eigenvalue weighted by Gasteiger charge is 2.28. The second-order valence-electron chi connectivity index (χ2n) is 6.19. The molecule has 0 unspecified atom stereocenters. The molecule has 1 aliphatic rings. The van der Waals surface area contributed by atoms with E-state index in [0.29, 0.717) is 17.0 Å². The molecule has 0 aliphatic carbocycles. The number of sulfonamides is 1. The Morgan fingerprint density at radius 1 is 1.32 bits per heavy atom. The molecule has 9 nitrogen and oxygen atoms in total. The summed E-state index contributed by atoms with van der Waals surface area (Å²) < 4.78 is 29.0. The van der Waals surface area contributed by atoms with Crippen LogP contribution in [0.3, 0.4) is 0 Å². The van der Waals surface area contributed by atoms with Gasteiger partial charge in [0.1, 0.15) is 11.6 Å². The van der Waals surface area contributed by atoms with E-state index in [1.807, 2.05) is 4.57 Å². The Balaban J connectivity index is 1.97. The molecule has 1 aliphatic heterocycles. The van der Waals surface area contributed by atoms with Crippen molar-refractivity contribution in [3.8, 4) is 0 Å². The average Bonchev–Trinajstić information content (AvgIpc) is 3.14. The summed E-state index contributed by atoms with van der Waals surface area (Å²) in [5.41, 5.74) is 0.826. The van der Waals surface area contributed by atoms with Crippen LogP contribution in [-0.2, 0) is 29.5 Å². The van der Waals surface area contributed by atoms with Crippen LogP contribution in [0.4, 0.5) is 5.69 Å². The maximum Gasteiger partial charge on any atom is 0.271 e. The van der Waals surface area contributed by atoms with Crippen molar-refractivity contribution < 1.29 is 13.3 Å². The first kappa shape index (κ1) is 17.5. The molecular formula is C15H19N5O4S. The topological polar surface area (TPSA) is 111 Å². The summed E-state index contributed by atoms with van der Waals surface area (Å²) >= 11 is 0. The minimum Gasteiger partial charge on any atom is -0.314 e. The first-order valence-electron chi connectivity index (χ1n) is 7.84. The predicted octanol–water partition coefficient (Wildman–Crippen LogP) is 1.57. The van der Waals surface area contributed by atoms with Crippen LogP contribution in [0.15, 0.2) is 17.0 Å². The molecule has 2 heterocycles. The summed E-state index contributed by atoms with van der Waals surface area (Å²) in [6.07, 6.45) is 1.81. The van der Waals surface area contributed by atoms with Gasteiger partial charge < -0.3 is 4.57 Å². The van der Waals surface area contributed by atoms with E-state index in [9.17, 15) is 18.5 Å². The van der Waals surface area contributed by atoms with E-state index >= 15 is 0 Å². The zero-order chi connectivity index (χ0) is 18.4. The molecule has 1 aromatic heterocycles. The lowest BCUT2D eigenvalue weighted by Gasteiger charge is -2.19. The Kier molecular flexibility index (Phi) is 4.33. The first-order chi connectivity index (χ1) is 11.7. The minimum atomic E-state index is -3.89. The van der Waals surface area contributed by atoms with Crippen molar-refractivity contribution >= 4 is 15.7 Å². The molecule has 0 radical (unpaired) electrons. The smallest absolute Gasteiger partial charge is 0.271 e. The Labute approximate surface area is 145 Å². The summed E-state index contributed by atoms with van der Waals surface area (Å²) in [4.78, 5) is 10.4. The number of nitrogens with zero attached hydrogens (tertiary/aromatic N) is 5. The van der Waals surface area contributed by atoms with E-state index in [1.165, 1.54) is 13.1 Å². The van der Waals surface area contributed by atoms with Crippen LogP contribution in [0.1, 0.15) is 29.2 Å². The van der Waals surface area contributed by atoms with Gasteiger partial charge in [0.25, 0.3) is 5.69 Å². The van der Waals surface area contributed by atoms with Gasteiger partial charge in [-0.25, -0.2) is 8.42 Å². The molecule has 1 aromatic carbocycles. The number of rotatable bonds is 5. The third-order valence-corrected chi connectivity index (χ3v) is 6.48. The zero-order valence-electron chi connectivity index (χ0n) is 14.3. The van der Waals surface area contributed by atoms with Gasteiger partial charge >= 0.3 is 0 Å². The normalized spacial score (nSPS) is 14.1. The van der Waals surface area contributed by atoms with Gasteiger partial charge in [-0.15, -0.1) is 10.2 Å². The van der Waals surface area contributed by atoms with E-state index in [-0.39, 0.29) is 17.1 Å². The fourth-order valence-corrected chi connectivity index (χ4v) is 4.40. The number of non-ortho nitro benzene ring substituents is 1. The van der Waals surface area contributed by atoms with Crippen molar-refractivity contribution in [2.45, 2.75) is 44.7 Å². The van der Waals surface area contributed by atoms with Crippen molar-refractivity contribution in [1.82, 2.24) is 19.1 Å². The van der Waals surface area contributed by atoms with Crippen molar-refractivity contribution in [2.75, 3.05) is 7.05 Å². The summed E-state index contributed by atoms with van der Waals surface area (Å²) in [7, 11) is -2.45. The van der Waals surface area contributed by atoms with Crippen LogP contribution in [0.5, 0.6) is 0 Å².